The molecule has 0 aromatic heterocycles. The summed E-state index contributed by atoms with van der Waals surface area (Å²) in [6.45, 7) is 0.127. The van der Waals surface area contributed by atoms with Crippen molar-refractivity contribution in [3.63, 3.8) is 0 Å². The number of allylic oxidation sites excluding steroid dienone is 2. The predicted octanol–water partition coefficient (Wildman–Crippen LogP) is 4.52. The minimum Gasteiger partial charge on any atom is -0.487 e. The lowest BCUT2D eigenvalue weighted by Gasteiger charge is -2.32. The molecule has 1 aliphatic carbocycles. The summed E-state index contributed by atoms with van der Waals surface area (Å²) in [5.41, 5.74) is 7.75. The molecule has 0 fully saturated rings. The Balaban J connectivity index is 1.68. The van der Waals surface area contributed by atoms with E-state index in [1.807, 2.05) is 0 Å². The van der Waals surface area contributed by atoms with E-state index in [1.54, 1.807) is 30.3 Å². The Bertz CT molecular complexity index is 1160. The number of hydrogen-bond acceptors (Lipinski definition) is 6. The number of halogens is 2. The number of ether oxygens (including phenoxy) is 3. The number of nitrogens with two attached hydrogens (primary N) is 1. The van der Waals surface area contributed by atoms with Gasteiger partial charge in [-0.3, -0.25) is 4.79 Å². The molecule has 0 spiro atoms. The summed E-state index contributed by atoms with van der Waals surface area (Å²) in [7, 11) is 1.24. The Labute approximate surface area is 189 Å². The third-order valence-electron chi connectivity index (χ3n) is 5.46. The number of rotatable bonds is 5. The highest BCUT2D eigenvalue weighted by Gasteiger charge is 2.41. The molecular weight excluding hydrogens is 437 g/mol. The largest absolute Gasteiger partial charge is 0.487 e. The van der Waals surface area contributed by atoms with Crippen LogP contribution >= 0.6 is 11.6 Å². The summed E-state index contributed by atoms with van der Waals surface area (Å²) >= 11 is 6.46. The number of benzene rings is 2. The number of hydrogen-bond donors (Lipinski definition) is 1. The second-order valence-corrected chi connectivity index (χ2v) is 7.93. The summed E-state index contributed by atoms with van der Waals surface area (Å²) in [6, 6.07) is 11.1. The summed E-state index contributed by atoms with van der Waals surface area (Å²) < 4.78 is 29.6. The third kappa shape index (κ3) is 4.21. The Morgan fingerprint density at radius 1 is 1.25 bits per heavy atom. The number of carbonyl (C=O) groups excluding carboxylic acids is 2. The maximum atomic E-state index is 13.4. The Kier molecular flexibility index (Phi) is 6.19. The van der Waals surface area contributed by atoms with Crippen molar-refractivity contribution in [1.29, 1.82) is 0 Å². The summed E-state index contributed by atoms with van der Waals surface area (Å²) in [6.07, 6.45) is 1.56. The molecule has 0 saturated carbocycles. The first-order valence-electron chi connectivity index (χ1n) is 10.1. The lowest BCUT2D eigenvalue weighted by atomic mass is 9.77. The fourth-order valence-corrected chi connectivity index (χ4v) is 4.24. The van der Waals surface area contributed by atoms with E-state index in [4.69, 9.17) is 31.5 Å². The summed E-state index contributed by atoms with van der Waals surface area (Å²) in [5.74, 6) is -1.13. The van der Waals surface area contributed by atoms with E-state index >= 15 is 0 Å². The molecule has 0 amide bonds. The Morgan fingerprint density at radius 2 is 2.06 bits per heavy atom. The van der Waals surface area contributed by atoms with Gasteiger partial charge in [-0.25, -0.2) is 9.18 Å². The van der Waals surface area contributed by atoms with Gasteiger partial charge in [0.25, 0.3) is 0 Å². The van der Waals surface area contributed by atoms with Crippen LogP contribution in [-0.4, -0.2) is 18.9 Å². The van der Waals surface area contributed by atoms with Crippen LogP contribution in [0.4, 0.5) is 4.39 Å². The van der Waals surface area contributed by atoms with Crippen molar-refractivity contribution >= 4 is 23.4 Å². The van der Waals surface area contributed by atoms with Crippen LogP contribution in [-0.2, 0) is 25.7 Å². The first-order valence-corrected chi connectivity index (χ1v) is 10.5. The maximum Gasteiger partial charge on any atom is 0.340 e. The number of Topliss-reactive ketones (excluding diaryl/α,β-unsaturated/α-hetero) is 1. The molecule has 0 radical (unpaired) electrons. The fourth-order valence-electron chi connectivity index (χ4n) is 4.00. The zero-order valence-electron chi connectivity index (χ0n) is 17.3. The molecule has 166 valence electrons. The molecule has 4 rings (SSSR count). The fraction of sp³-hybridized carbons (Fsp3) is 0.250. The van der Waals surface area contributed by atoms with Gasteiger partial charge in [-0.05, 0) is 41.8 Å². The SMILES string of the molecule is COC(=O)C1=C(N)OC2=C(C(=O)CCC2)[C@@H]1c1ccc(OCc2cccc(F)c2)c(Cl)c1. The number of carbonyl (C=O) groups is 2. The summed E-state index contributed by atoms with van der Waals surface area (Å²) in [4.78, 5) is 25.3. The van der Waals surface area contributed by atoms with Crippen LogP contribution in [0.25, 0.3) is 0 Å². The molecule has 1 aliphatic heterocycles. The lowest BCUT2D eigenvalue weighted by Crippen LogP contribution is -2.31. The van der Waals surface area contributed by atoms with Crippen molar-refractivity contribution in [2.75, 3.05) is 7.11 Å². The van der Waals surface area contributed by atoms with E-state index in [1.165, 1.54) is 19.2 Å². The van der Waals surface area contributed by atoms with E-state index < -0.39 is 11.9 Å². The standard InChI is InChI=1S/C24H21ClFNO5/c1-30-24(29)22-20(21-17(28)6-3-7-19(21)32-23(22)27)14-8-9-18(16(25)11-14)31-12-13-4-2-5-15(26)10-13/h2,4-5,8-11,20H,3,6-7,12,27H2,1H3/t20-/m0/s1. The van der Waals surface area contributed by atoms with Crippen LogP contribution in [0.1, 0.15) is 36.3 Å². The van der Waals surface area contributed by atoms with E-state index in [9.17, 15) is 14.0 Å². The van der Waals surface area contributed by atoms with Crippen molar-refractivity contribution in [3.05, 3.63) is 87.2 Å². The molecule has 1 atom stereocenters. The van der Waals surface area contributed by atoms with Crippen LogP contribution < -0.4 is 10.5 Å². The van der Waals surface area contributed by atoms with Crippen LogP contribution in [0.3, 0.4) is 0 Å². The molecule has 2 aliphatic rings. The lowest BCUT2D eigenvalue weighted by molar-refractivity contribution is -0.136. The van der Waals surface area contributed by atoms with Gasteiger partial charge >= 0.3 is 5.97 Å². The third-order valence-corrected chi connectivity index (χ3v) is 5.76. The molecule has 8 heteroatoms. The van der Waals surface area contributed by atoms with Crippen LogP contribution in [0.2, 0.25) is 5.02 Å². The molecule has 2 aromatic carbocycles. The van der Waals surface area contributed by atoms with Crippen molar-refractivity contribution in [2.45, 2.75) is 31.8 Å². The number of esters is 1. The average Bonchev–Trinajstić information content (AvgIpc) is 2.77. The van der Waals surface area contributed by atoms with Crippen molar-refractivity contribution in [2.24, 2.45) is 5.73 Å². The number of methoxy groups -OCH3 is 1. The van der Waals surface area contributed by atoms with Crippen LogP contribution in [0.5, 0.6) is 5.75 Å². The van der Waals surface area contributed by atoms with Crippen molar-refractivity contribution in [3.8, 4) is 5.75 Å². The van der Waals surface area contributed by atoms with Gasteiger partial charge < -0.3 is 19.9 Å². The van der Waals surface area contributed by atoms with Gasteiger partial charge in [-0.15, -0.1) is 0 Å². The predicted molar refractivity (Wildman–Crippen MR) is 115 cm³/mol. The van der Waals surface area contributed by atoms with Gasteiger partial charge in [0.05, 0.1) is 18.1 Å². The van der Waals surface area contributed by atoms with E-state index in [0.29, 0.717) is 47.5 Å². The maximum absolute atomic E-state index is 13.4. The van der Waals surface area contributed by atoms with E-state index in [0.717, 1.165) is 0 Å². The molecule has 2 N–H and O–H groups in total. The quantitative estimate of drug-likeness (QED) is 0.664. The molecule has 0 saturated heterocycles. The normalized spacial score (nSPS) is 18.2. The monoisotopic (exact) mass is 457 g/mol. The van der Waals surface area contributed by atoms with Gasteiger partial charge in [0, 0.05) is 18.4 Å². The van der Waals surface area contributed by atoms with Crippen molar-refractivity contribution < 1.29 is 28.2 Å². The molecule has 2 aromatic rings. The average molecular weight is 458 g/mol. The van der Waals surface area contributed by atoms with Gasteiger partial charge in [0.2, 0.25) is 5.88 Å². The highest BCUT2D eigenvalue weighted by molar-refractivity contribution is 6.32. The smallest absolute Gasteiger partial charge is 0.340 e. The number of ketones is 1. The molecule has 0 unspecified atom stereocenters. The van der Waals surface area contributed by atoms with Gasteiger partial charge in [0.1, 0.15) is 29.5 Å². The van der Waals surface area contributed by atoms with E-state index in [2.05, 4.69) is 0 Å². The molecular formula is C24H21ClFNO5. The molecule has 1 heterocycles. The molecule has 0 bridgehead atoms. The van der Waals surface area contributed by atoms with E-state index in [-0.39, 0.29) is 34.7 Å². The first kappa shape index (κ1) is 21.9. The second kappa shape index (κ2) is 9.04. The van der Waals surface area contributed by atoms with Crippen LogP contribution in [0, 0.1) is 5.82 Å². The van der Waals surface area contributed by atoms with Gasteiger partial charge in [0.15, 0.2) is 5.78 Å². The van der Waals surface area contributed by atoms with Gasteiger partial charge in [-0.1, -0.05) is 29.8 Å². The highest BCUT2D eigenvalue weighted by atomic mass is 35.5. The summed E-state index contributed by atoms with van der Waals surface area (Å²) in [5, 5.41) is 0.276. The second-order valence-electron chi connectivity index (χ2n) is 7.53. The van der Waals surface area contributed by atoms with Crippen molar-refractivity contribution in [1.82, 2.24) is 0 Å². The molecule has 32 heavy (non-hydrogen) atoms. The highest BCUT2D eigenvalue weighted by Crippen LogP contribution is 2.45. The van der Waals surface area contributed by atoms with Gasteiger partial charge in [-0.2, -0.15) is 0 Å². The minimum absolute atomic E-state index is 0.0611. The topological polar surface area (TPSA) is 87.9 Å². The minimum atomic E-state index is -0.756. The first-order chi connectivity index (χ1) is 15.4. The Morgan fingerprint density at radius 3 is 2.78 bits per heavy atom. The Hall–Kier alpha value is -3.32. The van der Waals surface area contributed by atoms with Crippen LogP contribution in [0.15, 0.2) is 65.3 Å². The molecule has 6 nitrogen and oxygen atoms in total. The zero-order valence-corrected chi connectivity index (χ0v) is 18.1. The zero-order chi connectivity index (χ0) is 22.8.